The SMILES string of the molecule is COCCNC(=O)c1ccccc1NC(=O)c1ccc(CN(c2c(C)cccc2C)S(C)(=O)=O)cc1. The molecule has 0 spiro atoms. The van der Waals surface area contributed by atoms with Crippen molar-refractivity contribution in [3.63, 3.8) is 0 Å². The Morgan fingerprint density at radius 1 is 0.889 bits per heavy atom. The van der Waals surface area contributed by atoms with Crippen LogP contribution in [-0.4, -0.2) is 46.7 Å². The second kappa shape index (κ2) is 11.8. The average molecular weight is 510 g/mol. The van der Waals surface area contributed by atoms with Gasteiger partial charge in [0.2, 0.25) is 10.0 Å². The van der Waals surface area contributed by atoms with Crippen molar-refractivity contribution in [2.24, 2.45) is 0 Å². The number of rotatable bonds is 10. The average Bonchev–Trinajstić information content (AvgIpc) is 2.83. The molecule has 3 aromatic carbocycles. The lowest BCUT2D eigenvalue weighted by Crippen LogP contribution is -2.30. The Morgan fingerprint density at radius 3 is 2.14 bits per heavy atom. The zero-order valence-corrected chi connectivity index (χ0v) is 21.7. The molecule has 0 saturated carbocycles. The topological polar surface area (TPSA) is 105 Å². The highest BCUT2D eigenvalue weighted by Gasteiger charge is 2.22. The number of hydrogen-bond acceptors (Lipinski definition) is 5. The van der Waals surface area contributed by atoms with Crippen LogP contribution in [-0.2, 0) is 21.3 Å². The molecule has 0 aliphatic heterocycles. The van der Waals surface area contributed by atoms with E-state index in [0.29, 0.717) is 35.7 Å². The van der Waals surface area contributed by atoms with Crippen molar-refractivity contribution in [2.45, 2.75) is 20.4 Å². The van der Waals surface area contributed by atoms with E-state index in [1.54, 1.807) is 55.6 Å². The van der Waals surface area contributed by atoms with Crippen molar-refractivity contribution < 1.29 is 22.7 Å². The molecular weight excluding hydrogens is 478 g/mol. The van der Waals surface area contributed by atoms with Gasteiger partial charge in [0, 0.05) is 19.2 Å². The van der Waals surface area contributed by atoms with Crippen LogP contribution in [0.5, 0.6) is 0 Å². The highest BCUT2D eigenvalue weighted by atomic mass is 32.2. The Morgan fingerprint density at radius 2 is 1.53 bits per heavy atom. The number of para-hydroxylation sites is 2. The number of hydrogen-bond donors (Lipinski definition) is 2. The molecule has 0 bridgehead atoms. The van der Waals surface area contributed by atoms with Gasteiger partial charge in [0.15, 0.2) is 0 Å². The Kier molecular flexibility index (Phi) is 8.84. The van der Waals surface area contributed by atoms with E-state index in [-0.39, 0.29) is 18.4 Å². The first-order chi connectivity index (χ1) is 17.1. The first-order valence-corrected chi connectivity index (χ1v) is 13.3. The summed E-state index contributed by atoms with van der Waals surface area (Å²) in [5.74, 6) is -0.695. The zero-order chi connectivity index (χ0) is 26.3. The van der Waals surface area contributed by atoms with Gasteiger partial charge in [0.25, 0.3) is 11.8 Å². The molecule has 2 amide bonds. The van der Waals surface area contributed by atoms with E-state index in [1.807, 2.05) is 32.0 Å². The summed E-state index contributed by atoms with van der Waals surface area (Å²) in [5.41, 5.74) is 4.23. The van der Waals surface area contributed by atoms with Crippen LogP contribution in [0.2, 0.25) is 0 Å². The molecule has 8 nitrogen and oxygen atoms in total. The predicted molar refractivity (Wildman–Crippen MR) is 142 cm³/mol. The van der Waals surface area contributed by atoms with Crippen LogP contribution in [0.15, 0.2) is 66.7 Å². The van der Waals surface area contributed by atoms with E-state index in [9.17, 15) is 18.0 Å². The summed E-state index contributed by atoms with van der Waals surface area (Å²) < 4.78 is 31.6. The first-order valence-electron chi connectivity index (χ1n) is 11.4. The largest absolute Gasteiger partial charge is 0.383 e. The second-order valence-electron chi connectivity index (χ2n) is 8.46. The number of carbonyl (C=O) groups is 2. The molecule has 0 heterocycles. The molecule has 9 heteroatoms. The molecule has 0 fully saturated rings. The fourth-order valence-electron chi connectivity index (χ4n) is 3.83. The summed E-state index contributed by atoms with van der Waals surface area (Å²) in [4.78, 5) is 25.4. The van der Waals surface area contributed by atoms with E-state index >= 15 is 0 Å². The van der Waals surface area contributed by atoms with Gasteiger partial charge in [0.1, 0.15) is 0 Å². The lowest BCUT2D eigenvalue weighted by molar-refractivity contribution is 0.0938. The molecule has 0 aliphatic rings. The maximum atomic E-state index is 12.9. The van der Waals surface area contributed by atoms with Crippen LogP contribution in [0.1, 0.15) is 37.4 Å². The fraction of sp³-hybridized carbons (Fsp3) is 0.259. The van der Waals surface area contributed by atoms with Crippen LogP contribution in [0.3, 0.4) is 0 Å². The molecule has 36 heavy (non-hydrogen) atoms. The monoisotopic (exact) mass is 509 g/mol. The van der Waals surface area contributed by atoms with Gasteiger partial charge in [-0.15, -0.1) is 0 Å². The first kappa shape index (κ1) is 26.9. The standard InChI is InChI=1S/C27H31N3O5S/c1-19-8-7-9-20(2)25(19)30(36(4,33)34)18-21-12-14-22(15-13-21)26(31)29-24-11-6-5-10-23(24)27(32)28-16-17-35-3/h5-15H,16-18H2,1-4H3,(H,28,32)(H,29,31). The third kappa shape index (κ3) is 6.71. The fourth-order valence-corrected chi connectivity index (χ4v) is 4.84. The van der Waals surface area contributed by atoms with Gasteiger partial charge in [-0.05, 0) is 54.8 Å². The highest BCUT2D eigenvalue weighted by Crippen LogP contribution is 2.28. The maximum Gasteiger partial charge on any atom is 0.255 e. The van der Waals surface area contributed by atoms with Crippen LogP contribution in [0, 0.1) is 13.8 Å². The molecule has 0 aliphatic carbocycles. The molecule has 3 rings (SSSR count). The lowest BCUT2D eigenvalue weighted by atomic mass is 10.1. The van der Waals surface area contributed by atoms with E-state index in [4.69, 9.17) is 4.74 Å². The van der Waals surface area contributed by atoms with Gasteiger partial charge in [-0.2, -0.15) is 0 Å². The number of benzene rings is 3. The number of ether oxygens (including phenoxy) is 1. The van der Waals surface area contributed by atoms with Gasteiger partial charge in [-0.25, -0.2) is 8.42 Å². The number of anilines is 2. The van der Waals surface area contributed by atoms with Gasteiger partial charge in [0.05, 0.1) is 36.3 Å². The lowest BCUT2D eigenvalue weighted by Gasteiger charge is -2.26. The van der Waals surface area contributed by atoms with Crippen LogP contribution in [0.25, 0.3) is 0 Å². The number of amides is 2. The summed E-state index contributed by atoms with van der Waals surface area (Å²) in [6.07, 6.45) is 1.18. The Hall–Kier alpha value is -3.69. The zero-order valence-electron chi connectivity index (χ0n) is 20.9. The Bertz CT molecular complexity index is 1320. The van der Waals surface area contributed by atoms with E-state index in [0.717, 1.165) is 16.7 Å². The molecule has 0 radical (unpaired) electrons. The smallest absolute Gasteiger partial charge is 0.255 e. The normalized spacial score (nSPS) is 11.1. The molecular formula is C27H31N3O5S. The van der Waals surface area contributed by atoms with E-state index in [2.05, 4.69) is 10.6 Å². The minimum atomic E-state index is -3.54. The molecule has 2 N–H and O–H groups in total. The number of sulfonamides is 1. The molecule has 190 valence electrons. The second-order valence-corrected chi connectivity index (χ2v) is 10.4. The van der Waals surface area contributed by atoms with Crippen LogP contribution >= 0.6 is 0 Å². The number of aryl methyl sites for hydroxylation is 2. The predicted octanol–water partition coefficient (Wildman–Crippen LogP) is 3.90. The van der Waals surface area contributed by atoms with Crippen molar-refractivity contribution in [1.29, 1.82) is 0 Å². The minimum Gasteiger partial charge on any atom is -0.383 e. The van der Waals surface area contributed by atoms with Gasteiger partial charge in [-0.3, -0.25) is 13.9 Å². The highest BCUT2D eigenvalue weighted by molar-refractivity contribution is 7.92. The summed E-state index contributed by atoms with van der Waals surface area (Å²) in [5, 5.41) is 5.53. The van der Waals surface area contributed by atoms with E-state index < -0.39 is 10.0 Å². The molecule has 0 unspecified atom stereocenters. The Labute approximate surface area is 212 Å². The van der Waals surface area contributed by atoms with Crippen molar-refractivity contribution in [1.82, 2.24) is 5.32 Å². The van der Waals surface area contributed by atoms with E-state index in [1.165, 1.54) is 10.6 Å². The minimum absolute atomic E-state index is 0.136. The molecule has 0 saturated heterocycles. The van der Waals surface area contributed by atoms with Crippen molar-refractivity contribution in [3.8, 4) is 0 Å². The van der Waals surface area contributed by atoms with Gasteiger partial charge in [-0.1, -0.05) is 42.5 Å². The molecule has 3 aromatic rings. The third-order valence-corrected chi connectivity index (χ3v) is 6.76. The summed E-state index contributed by atoms with van der Waals surface area (Å²) in [6.45, 7) is 4.63. The number of nitrogens with zero attached hydrogens (tertiary/aromatic N) is 1. The van der Waals surface area contributed by atoms with Gasteiger partial charge < -0.3 is 15.4 Å². The summed E-state index contributed by atoms with van der Waals surface area (Å²) >= 11 is 0. The van der Waals surface area contributed by atoms with Crippen LogP contribution in [0.4, 0.5) is 11.4 Å². The number of nitrogens with one attached hydrogen (secondary N) is 2. The van der Waals surface area contributed by atoms with Crippen molar-refractivity contribution >= 4 is 33.2 Å². The maximum absolute atomic E-state index is 12.9. The summed E-state index contributed by atoms with van der Waals surface area (Å²) in [7, 11) is -1.99. The molecule has 0 aromatic heterocycles. The van der Waals surface area contributed by atoms with Crippen molar-refractivity contribution in [2.75, 3.05) is 36.1 Å². The number of carbonyl (C=O) groups excluding carboxylic acids is 2. The number of methoxy groups -OCH3 is 1. The Balaban J connectivity index is 1.77. The third-order valence-electron chi connectivity index (χ3n) is 5.64. The summed E-state index contributed by atoms with van der Waals surface area (Å²) in [6, 6.07) is 19.1. The van der Waals surface area contributed by atoms with Crippen LogP contribution < -0.4 is 14.9 Å². The molecule has 0 atom stereocenters. The van der Waals surface area contributed by atoms with Gasteiger partial charge >= 0.3 is 0 Å². The van der Waals surface area contributed by atoms with Crippen molar-refractivity contribution in [3.05, 3.63) is 94.5 Å². The quantitative estimate of drug-likeness (QED) is 0.404.